The maximum absolute atomic E-state index is 8.06. The van der Waals surface area contributed by atoms with Crippen LogP contribution in [-0.2, 0) is 73.2 Å². The summed E-state index contributed by atoms with van der Waals surface area (Å²) in [6, 6.07) is 0. The Bertz CT molecular complexity index is 11.5. The first-order valence-electron chi connectivity index (χ1n) is 0.290. The summed E-state index contributed by atoms with van der Waals surface area (Å²) >= 11 is 4.00. The molecule has 0 aromatic heterocycles. The van der Waals surface area contributed by atoms with Gasteiger partial charge in [0.25, 0.3) is 0 Å². The monoisotopic (exact) mass is 260 g/mol. The molecule has 0 heterocycles. The minimum atomic E-state index is 0. The molecule has 6 heteroatoms. The zero-order valence-corrected chi connectivity index (χ0v) is 6.68. The molecule has 0 aliphatic carbocycles. The second kappa shape index (κ2) is 77.9. The predicted molar refractivity (Wildman–Crippen MR) is 1.37 cm³/mol. The summed E-state index contributed by atoms with van der Waals surface area (Å²) in [6.07, 6.45) is 0. The van der Waals surface area contributed by atoms with Crippen LogP contribution in [0.15, 0.2) is 0 Å². The first-order valence-corrected chi connectivity index (χ1v) is 1.20. The summed E-state index contributed by atoms with van der Waals surface area (Å²) in [5.74, 6) is 0. The fourth-order valence-corrected chi connectivity index (χ4v) is 0. The topological polar surface area (TPSA) is 34.1 Å². The van der Waals surface area contributed by atoms with Crippen molar-refractivity contribution in [3.05, 3.63) is 0 Å². The van der Waals surface area contributed by atoms with E-state index in [1.54, 1.807) is 15.9 Å². The van der Waals surface area contributed by atoms with Crippen molar-refractivity contribution in [2.45, 2.75) is 0 Å². The molecular weight excluding hydrogens is 260 g/mol. The third kappa shape index (κ3) is 44.8. The van der Waals surface area contributed by atoms with Crippen molar-refractivity contribution in [2.75, 3.05) is 0 Å². The molecule has 0 aromatic rings. The van der Waals surface area contributed by atoms with Crippen LogP contribution >= 0.6 is 0 Å². The van der Waals surface area contributed by atoms with Gasteiger partial charge in [0.1, 0.15) is 0 Å². The fraction of sp³-hybridized carbons (Fsp3) is 0. The Kier molecular flexibility index (Phi) is 329. The quantitative estimate of drug-likeness (QED) is 0.563. The van der Waals surface area contributed by atoms with Gasteiger partial charge in [-0.05, 0) is 0 Å². The van der Waals surface area contributed by atoms with Crippen molar-refractivity contribution >= 4 is 0 Å². The van der Waals surface area contributed by atoms with Crippen LogP contribution in [0.5, 0.6) is 0 Å². The summed E-state index contributed by atoms with van der Waals surface area (Å²) < 4.78 is 16.0. The Morgan fingerprint density at radius 2 is 1.17 bits per heavy atom. The fourth-order valence-electron chi connectivity index (χ4n) is 0. The van der Waals surface area contributed by atoms with Crippen LogP contribution in [0.3, 0.4) is 0 Å². The summed E-state index contributed by atoms with van der Waals surface area (Å²) in [5.41, 5.74) is 0. The molecule has 0 aromatic carbocycles. The molecule has 2 radical (unpaired) electrons. The molecule has 0 atom stereocenters. The summed E-state index contributed by atoms with van der Waals surface area (Å²) in [4.78, 5) is 0. The van der Waals surface area contributed by atoms with E-state index in [4.69, 9.17) is 7.70 Å². The van der Waals surface area contributed by atoms with Crippen LogP contribution < -0.4 is 0 Å². The van der Waals surface area contributed by atoms with Crippen molar-refractivity contribution in [1.82, 2.24) is 0 Å². The van der Waals surface area contributed by atoms with E-state index in [-0.39, 0.29) is 33.8 Å². The van der Waals surface area contributed by atoms with Crippen molar-refractivity contribution in [3.8, 4) is 0 Å². The van der Waals surface area contributed by atoms with Gasteiger partial charge in [-0.3, -0.25) is 0 Å². The number of hydrogen-bond acceptors (Lipinski definition) is 2. The molecule has 0 amide bonds. The van der Waals surface area contributed by atoms with Gasteiger partial charge in [0.2, 0.25) is 0 Å². The second-order valence-electron chi connectivity index (χ2n) is 0. The van der Waals surface area contributed by atoms with Gasteiger partial charge < -0.3 is 0 Å². The standard InChI is InChI=1S/2Co.2Mn.2O. The van der Waals surface area contributed by atoms with Gasteiger partial charge in [-0.1, -0.05) is 0 Å². The molecule has 0 unspecified atom stereocenters. The first-order chi connectivity index (χ1) is 2.00. The van der Waals surface area contributed by atoms with E-state index in [1.165, 1.54) is 0 Å². The average Bonchev–Trinajstić information content (AvgIpc) is 1.50. The molecule has 0 bridgehead atoms. The van der Waals surface area contributed by atoms with E-state index in [0.717, 1.165) is 0 Å². The van der Waals surface area contributed by atoms with Gasteiger partial charge in [0, 0.05) is 33.8 Å². The zero-order chi connectivity index (χ0) is 4.00. The van der Waals surface area contributed by atoms with E-state index in [9.17, 15) is 0 Å². The van der Waals surface area contributed by atoms with Crippen LogP contribution in [-0.4, -0.2) is 0 Å². The molecule has 0 saturated carbocycles. The second-order valence-corrected chi connectivity index (χ2v) is 0. The van der Waals surface area contributed by atoms with Crippen LogP contribution in [0, 0.1) is 0 Å². The third-order valence-corrected chi connectivity index (χ3v) is 0. The number of rotatable bonds is 0. The molecule has 0 saturated heterocycles. The Labute approximate surface area is 72.7 Å². The van der Waals surface area contributed by atoms with Crippen molar-refractivity contribution in [2.24, 2.45) is 0 Å². The van der Waals surface area contributed by atoms with Crippen LogP contribution in [0.25, 0.3) is 0 Å². The zero-order valence-electron chi connectivity index (χ0n) is 2.24. The summed E-state index contributed by atoms with van der Waals surface area (Å²) in [5, 5.41) is 0. The molecule has 0 aliphatic heterocycles. The van der Waals surface area contributed by atoms with Gasteiger partial charge in [0.05, 0.1) is 0 Å². The van der Waals surface area contributed by atoms with E-state index in [1.807, 2.05) is 0 Å². The molecule has 44 valence electrons. The molecule has 0 rings (SSSR count). The molecule has 0 spiro atoms. The normalized spacial score (nSPS) is 1.50. The van der Waals surface area contributed by atoms with Gasteiger partial charge in [-0.15, -0.1) is 0 Å². The van der Waals surface area contributed by atoms with E-state index in [2.05, 4.69) is 15.7 Å². The molecule has 6 heavy (non-hydrogen) atoms. The Morgan fingerprint density at radius 3 is 1.17 bits per heavy atom. The molecule has 2 nitrogen and oxygen atoms in total. The Hall–Kier alpha value is 1.65. The van der Waals surface area contributed by atoms with Crippen molar-refractivity contribution in [3.63, 3.8) is 0 Å². The van der Waals surface area contributed by atoms with Crippen LogP contribution in [0.4, 0.5) is 0 Å². The van der Waals surface area contributed by atoms with E-state index in [0.29, 0.717) is 0 Å². The van der Waals surface area contributed by atoms with Crippen LogP contribution in [0.2, 0.25) is 0 Å². The molecule has 0 N–H and O–H groups in total. The summed E-state index contributed by atoms with van der Waals surface area (Å²) in [6.45, 7) is 0. The number of hydrogen-bond donors (Lipinski definition) is 0. The van der Waals surface area contributed by atoms with Gasteiger partial charge in [-0.2, -0.15) is 0 Å². The minimum absolute atomic E-state index is 0. The average molecular weight is 260 g/mol. The van der Waals surface area contributed by atoms with E-state index >= 15 is 0 Å². The van der Waals surface area contributed by atoms with Gasteiger partial charge in [-0.25, -0.2) is 0 Å². The van der Waals surface area contributed by atoms with Crippen LogP contribution in [0.1, 0.15) is 0 Å². The van der Waals surface area contributed by atoms with Gasteiger partial charge >= 0.3 is 39.3 Å². The maximum atomic E-state index is 8.06. The molecule has 0 fully saturated rings. The Morgan fingerprint density at radius 1 is 1.17 bits per heavy atom. The third-order valence-electron chi connectivity index (χ3n) is 0. The summed E-state index contributed by atoms with van der Waals surface area (Å²) in [7, 11) is 0. The first kappa shape index (κ1) is 25.4. The van der Waals surface area contributed by atoms with Gasteiger partial charge in [0.15, 0.2) is 0 Å². The molecular formula is Co2Mn2O2. The van der Waals surface area contributed by atoms with Crippen molar-refractivity contribution in [1.29, 1.82) is 0 Å². The Balaban J connectivity index is -0.00000000500. The van der Waals surface area contributed by atoms with E-state index < -0.39 is 0 Å². The predicted octanol–water partition coefficient (Wildman–Crippen LogP) is -0.248. The SMILES string of the molecule is [Co].[Mn].[O]=[Co].[O]=[Mn]. The molecule has 0 aliphatic rings. The van der Waals surface area contributed by atoms with Crippen molar-refractivity contribution < 1.29 is 73.2 Å².